The number of hydrogen-bond acceptors (Lipinski definition) is 7. The van der Waals surface area contributed by atoms with Gasteiger partial charge in [-0.1, -0.05) is 17.3 Å². The monoisotopic (exact) mass is 570 g/mol. The lowest BCUT2D eigenvalue weighted by atomic mass is 9.69. The molecule has 1 aliphatic carbocycles. The number of aryl methyl sites for hydroxylation is 2. The Morgan fingerprint density at radius 1 is 1.05 bits per heavy atom. The molecule has 2 aliphatic heterocycles. The summed E-state index contributed by atoms with van der Waals surface area (Å²) in [6, 6.07) is 12.5. The number of nitrogens with zero attached hydrogens (tertiary/aromatic N) is 6. The van der Waals surface area contributed by atoms with E-state index in [1.807, 2.05) is 23.1 Å². The molecule has 3 aliphatic rings. The smallest absolute Gasteiger partial charge is 0.253 e. The highest BCUT2D eigenvalue weighted by Gasteiger charge is 2.44. The molecular formula is C31H35FN8O2. The summed E-state index contributed by atoms with van der Waals surface area (Å²) in [6.45, 7) is 2.66. The van der Waals surface area contributed by atoms with Crippen LogP contribution in [0.15, 0.2) is 36.4 Å². The summed E-state index contributed by atoms with van der Waals surface area (Å²) in [6.07, 6.45) is 6.40. The highest BCUT2D eigenvalue weighted by Crippen LogP contribution is 2.46. The SMILES string of the molecule is N#C[C@@H]1CCCN1C(=O)CNCCC1(c2nn[nH]n2)c2ccc(F)cc2CCc2cc(C(=O)N3CCCCC3)ccc21. The van der Waals surface area contributed by atoms with E-state index in [1.54, 1.807) is 17.0 Å². The molecule has 11 heteroatoms. The Hall–Kier alpha value is -4.17. The first-order valence-electron chi connectivity index (χ1n) is 14.9. The van der Waals surface area contributed by atoms with Gasteiger partial charge >= 0.3 is 0 Å². The number of fused-ring (bicyclic) bond motifs is 2. The topological polar surface area (TPSA) is 131 Å². The summed E-state index contributed by atoms with van der Waals surface area (Å²) >= 11 is 0. The predicted molar refractivity (Wildman–Crippen MR) is 152 cm³/mol. The van der Waals surface area contributed by atoms with E-state index in [9.17, 15) is 19.2 Å². The van der Waals surface area contributed by atoms with Gasteiger partial charge < -0.3 is 15.1 Å². The molecule has 42 heavy (non-hydrogen) atoms. The second kappa shape index (κ2) is 12.0. The third kappa shape index (κ3) is 5.15. The second-order valence-corrected chi connectivity index (χ2v) is 11.5. The molecule has 0 spiro atoms. The largest absolute Gasteiger partial charge is 0.339 e. The van der Waals surface area contributed by atoms with E-state index in [1.165, 1.54) is 6.07 Å². The van der Waals surface area contributed by atoms with Crippen LogP contribution < -0.4 is 5.32 Å². The maximum Gasteiger partial charge on any atom is 0.253 e. The van der Waals surface area contributed by atoms with E-state index in [-0.39, 0.29) is 30.2 Å². The number of nitrogens with one attached hydrogen (secondary N) is 2. The van der Waals surface area contributed by atoms with Crippen molar-refractivity contribution in [2.24, 2.45) is 0 Å². The van der Waals surface area contributed by atoms with Crippen molar-refractivity contribution in [1.29, 1.82) is 5.26 Å². The lowest BCUT2D eigenvalue weighted by molar-refractivity contribution is -0.130. The molecule has 218 valence electrons. The van der Waals surface area contributed by atoms with E-state index in [4.69, 9.17) is 0 Å². The van der Waals surface area contributed by atoms with Crippen LogP contribution in [-0.2, 0) is 23.1 Å². The number of H-pyrrole nitrogens is 1. The molecule has 2 aromatic carbocycles. The maximum absolute atomic E-state index is 14.6. The van der Waals surface area contributed by atoms with Crippen LogP contribution >= 0.6 is 0 Å². The third-order valence-corrected chi connectivity index (χ3v) is 9.05. The van der Waals surface area contributed by atoms with Crippen LogP contribution in [0.25, 0.3) is 0 Å². The van der Waals surface area contributed by atoms with Gasteiger partial charge in [-0.2, -0.15) is 10.5 Å². The quantitative estimate of drug-likeness (QED) is 0.418. The molecular weight excluding hydrogens is 535 g/mol. The predicted octanol–water partition coefficient (Wildman–Crippen LogP) is 2.89. The molecule has 6 rings (SSSR count). The zero-order chi connectivity index (χ0) is 29.1. The number of nitriles is 1. The summed E-state index contributed by atoms with van der Waals surface area (Å²) < 4.78 is 14.6. The van der Waals surface area contributed by atoms with Gasteiger partial charge in [0.1, 0.15) is 11.9 Å². The highest BCUT2D eigenvalue weighted by molar-refractivity contribution is 5.94. The van der Waals surface area contributed by atoms with Crippen LogP contribution in [-0.4, -0.2) is 81.0 Å². The van der Waals surface area contributed by atoms with Gasteiger partial charge in [0.05, 0.1) is 18.0 Å². The molecule has 3 heterocycles. The molecule has 2 amide bonds. The Kier molecular flexibility index (Phi) is 7.98. The number of carbonyl (C=O) groups is 2. The maximum atomic E-state index is 14.6. The minimum Gasteiger partial charge on any atom is -0.339 e. The molecule has 1 unspecified atom stereocenters. The Labute approximate surface area is 244 Å². The second-order valence-electron chi connectivity index (χ2n) is 11.5. The number of aromatic amines is 1. The van der Waals surface area contributed by atoms with Crippen molar-refractivity contribution >= 4 is 11.8 Å². The number of aromatic nitrogens is 4. The van der Waals surface area contributed by atoms with Gasteiger partial charge in [-0.15, -0.1) is 10.2 Å². The summed E-state index contributed by atoms with van der Waals surface area (Å²) in [4.78, 5) is 29.9. The number of hydrogen-bond donors (Lipinski definition) is 2. The standard InChI is InChI=1S/C31H35FN8O2/c32-24-9-11-27-22(18-24)7-6-21-17-23(29(42)39-14-2-1-3-15-39)8-10-26(21)31(27,30-35-37-38-36-30)12-13-34-20-28(41)40-16-4-5-25(40)19-33/h8-11,17-18,25,34H,1-7,12-16,20H2,(H,35,36,37,38)/t25-,31?/m0/s1. The van der Waals surface area contributed by atoms with Crippen LogP contribution in [0.4, 0.5) is 4.39 Å². The van der Waals surface area contributed by atoms with Crippen LogP contribution in [0.3, 0.4) is 0 Å². The van der Waals surface area contributed by atoms with E-state index in [2.05, 4.69) is 32.0 Å². The first-order chi connectivity index (χ1) is 20.5. The molecule has 2 N–H and O–H groups in total. The van der Waals surface area contributed by atoms with E-state index >= 15 is 0 Å². The fourth-order valence-electron chi connectivity index (χ4n) is 6.97. The number of amides is 2. The number of rotatable bonds is 7. The zero-order valence-corrected chi connectivity index (χ0v) is 23.6. The number of likely N-dealkylation sites (tertiary alicyclic amines) is 2. The average molecular weight is 571 g/mol. The molecule has 0 radical (unpaired) electrons. The van der Waals surface area contributed by atoms with Crippen LogP contribution in [0.2, 0.25) is 0 Å². The number of carbonyl (C=O) groups excluding carboxylic acids is 2. The summed E-state index contributed by atoms with van der Waals surface area (Å²) in [5.41, 5.74) is 3.43. The van der Waals surface area contributed by atoms with Crippen molar-refractivity contribution in [1.82, 2.24) is 35.7 Å². The van der Waals surface area contributed by atoms with E-state index in [0.29, 0.717) is 50.2 Å². The summed E-state index contributed by atoms with van der Waals surface area (Å²) in [7, 11) is 0. The van der Waals surface area contributed by atoms with Gasteiger partial charge in [0.25, 0.3) is 5.91 Å². The molecule has 1 aromatic heterocycles. The van der Waals surface area contributed by atoms with Gasteiger partial charge in [-0.05, 0) is 104 Å². The Morgan fingerprint density at radius 2 is 1.81 bits per heavy atom. The number of piperidine rings is 1. The number of tetrazole rings is 1. The molecule has 0 bridgehead atoms. The lowest BCUT2D eigenvalue weighted by Gasteiger charge is -2.34. The Morgan fingerprint density at radius 3 is 2.55 bits per heavy atom. The highest BCUT2D eigenvalue weighted by atomic mass is 19.1. The molecule has 2 atom stereocenters. The van der Waals surface area contributed by atoms with Crippen LogP contribution in [0, 0.1) is 17.1 Å². The third-order valence-electron chi connectivity index (χ3n) is 9.05. The minimum atomic E-state index is -0.895. The van der Waals surface area contributed by atoms with E-state index in [0.717, 1.165) is 61.0 Å². The van der Waals surface area contributed by atoms with Crippen LogP contribution in [0.5, 0.6) is 0 Å². The number of halogens is 1. The summed E-state index contributed by atoms with van der Waals surface area (Å²) in [5.74, 6) is 0.0698. The van der Waals surface area contributed by atoms with Crippen LogP contribution in [0.1, 0.15) is 77.0 Å². The van der Waals surface area contributed by atoms with Crippen molar-refractivity contribution in [2.75, 3.05) is 32.7 Å². The molecule has 2 fully saturated rings. The lowest BCUT2D eigenvalue weighted by Crippen LogP contribution is -2.42. The zero-order valence-electron chi connectivity index (χ0n) is 23.6. The summed E-state index contributed by atoms with van der Waals surface area (Å²) in [5, 5.41) is 28.1. The minimum absolute atomic E-state index is 0.0354. The first kappa shape index (κ1) is 28.0. The van der Waals surface area contributed by atoms with Crippen molar-refractivity contribution in [3.8, 4) is 6.07 Å². The van der Waals surface area contributed by atoms with Gasteiger partial charge in [0.15, 0.2) is 5.82 Å². The van der Waals surface area contributed by atoms with Gasteiger partial charge in [0, 0.05) is 25.2 Å². The first-order valence-corrected chi connectivity index (χ1v) is 14.9. The Balaban J connectivity index is 1.35. The Bertz CT molecular complexity index is 1500. The fourth-order valence-corrected chi connectivity index (χ4v) is 6.97. The van der Waals surface area contributed by atoms with Gasteiger partial charge in [-0.3, -0.25) is 9.59 Å². The normalized spacial score (nSPS) is 21.8. The average Bonchev–Trinajstić information content (AvgIpc) is 3.72. The molecule has 2 saturated heterocycles. The van der Waals surface area contributed by atoms with Crippen molar-refractivity contribution in [2.45, 2.75) is 62.8 Å². The van der Waals surface area contributed by atoms with Crippen molar-refractivity contribution in [3.05, 3.63) is 75.9 Å². The number of benzene rings is 2. The van der Waals surface area contributed by atoms with E-state index < -0.39 is 5.41 Å². The van der Waals surface area contributed by atoms with Gasteiger partial charge in [0.2, 0.25) is 5.91 Å². The van der Waals surface area contributed by atoms with Crippen molar-refractivity contribution in [3.63, 3.8) is 0 Å². The van der Waals surface area contributed by atoms with Crippen molar-refractivity contribution < 1.29 is 14.0 Å². The molecule has 0 saturated carbocycles. The molecule has 10 nitrogen and oxygen atoms in total. The molecule has 3 aromatic rings. The van der Waals surface area contributed by atoms with Gasteiger partial charge in [-0.25, -0.2) is 4.39 Å². The fraction of sp³-hybridized carbons (Fsp3) is 0.484.